The van der Waals surface area contributed by atoms with E-state index in [0.717, 1.165) is 30.6 Å². The van der Waals surface area contributed by atoms with Gasteiger partial charge < -0.3 is 19.9 Å². The molecule has 0 unspecified atom stereocenters. The van der Waals surface area contributed by atoms with Crippen LogP contribution in [0.25, 0.3) is 0 Å². The van der Waals surface area contributed by atoms with E-state index >= 15 is 0 Å². The maximum absolute atomic E-state index is 14.4. The van der Waals surface area contributed by atoms with Crippen LogP contribution in [0, 0.1) is 5.92 Å². The second-order valence-electron chi connectivity index (χ2n) is 10.7. The van der Waals surface area contributed by atoms with E-state index in [4.69, 9.17) is 4.74 Å². The van der Waals surface area contributed by atoms with Gasteiger partial charge in [0.25, 0.3) is 11.8 Å². The number of carbonyl (C=O) groups excluding carboxylic acids is 4. The number of hydrogen-bond acceptors (Lipinski definition) is 7. The predicted octanol–water partition coefficient (Wildman–Crippen LogP) is 1.95. The van der Waals surface area contributed by atoms with Crippen molar-refractivity contribution in [2.75, 3.05) is 44.7 Å². The van der Waals surface area contributed by atoms with E-state index in [1.165, 1.54) is 25.4 Å². The average molecular weight is 532 g/mol. The fourth-order valence-electron chi connectivity index (χ4n) is 7.04. The van der Waals surface area contributed by atoms with Gasteiger partial charge in [0.15, 0.2) is 0 Å². The first-order valence-corrected chi connectivity index (χ1v) is 13.8. The number of nitrogens with zero attached hydrogens (tertiary/aromatic N) is 4. The normalized spacial score (nSPS) is 27.0. The first kappa shape index (κ1) is 25.5. The van der Waals surface area contributed by atoms with Crippen LogP contribution in [0.3, 0.4) is 0 Å². The van der Waals surface area contributed by atoms with Gasteiger partial charge in [0, 0.05) is 49.7 Å². The largest absolute Gasteiger partial charge is 0.465 e. The summed E-state index contributed by atoms with van der Waals surface area (Å²) in [7, 11) is 1.29. The molecule has 0 radical (unpaired) electrons. The SMILES string of the molecule is COC(=O)c1ccc(C(=O)N2CCCNC(=O)[C@@H]3C[C@@H]4CCCN4[C@@]34C(=O)N(CCC2)c2ccccc24)nc1. The number of methoxy groups -OCH3 is 1. The third-order valence-electron chi connectivity index (χ3n) is 8.74. The highest BCUT2D eigenvalue weighted by molar-refractivity contribution is 6.11. The maximum Gasteiger partial charge on any atom is 0.339 e. The van der Waals surface area contributed by atoms with Crippen molar-refractivity contribution in [3.05, 3.63) is 59.4 Å². The van der Waals surface area contributed by atoms with E-state index in [1.54, 1.807) is 4.90 Å². The van der Waals surface area contributed by atoms with Gasteiger partial charge in [-0.3, -0.25) is 24.3 Å². The van der Waals surface area contributed by atoms with Crippen molar-refractivity contribution in [2.24, 2.45) is 5.92 Å². The summed E-state index contributed by atoms with van der Waals surface area (Å²) in [6.07, 6.45) is 5.21. The molecule has 4 aliphatic heterocycles. The highest BCUT2D eigenvalue weighted by Gasteiger charge is 2.67. The molecule has 3 atom stereocenters. The fourth-order valence-corrected chi connectivity index (χ4v) is 7.04. The molecule has 3 saturated heterocycles. The molecule has 1 spiro atoms. The molecular weight excluding hydrogens is 498 g/mol. The zero-order valence-electron chi connectivity index (χ0n) is 22.1. The number of carbonyl (C=O) groups is 4. The predicted molar refractivity (Wildman–Crippen MR) is 142 cm³/mol. The van der Waals surface area contributed by atoms with Crippen LogP contribution < -0.4 is 10.2 Å². The lowest BCUT2D eigenvalue weighted by Crippen LogP contribution is -2.56. The quantitative estimate of drug-likeness (QED) is 0.590. The Morgan fingerprint density at radius 2 is 1.85 bits per heavy atom. The van der Waals surface area contributed by atoms with Crippen molar-refractivity contribution in [3.63, 3.8) is 0 Å². The molecule has 0 saturated carbocycles. The molecule has 3 amide bonds. The number of esters is 1. The number of pyridine rings is 1. The molecule has 204 valence electrons. The lowest BCUT2D eigenvalue weighted by molar-refractivity contribution is -0.138. The molecule has 5 heterocycles. The summed E-state index contributed by atoms with van der Waals surface area (Å²) in [5, 5.41) is 3.09. The topological polar surface area (TPSA) is 112 Å². The maximum atomic E-state index is 14.4. The molecule has 2 aromatic rings. The van der Waals surface area contributed by atoms with Gasteiger partial charge in [-0.2, -0.15) is 0 Å². The minimum absolute atomic E-state index is 0.0227. The van der Waals surface area contributed by atoms with Crippen molar-refractivity contribution in [2.45, 2.75) is 43.7 Å². The Balaban J connectivity index is 1.29. The highest BCUT2D eigenvalue weighted by Crippen LogP contribution is 2.57. The molecule has 39 heavy (non-hydrogen) atoms. The van der Waals surface area contributed by atoms with Crippen LogP contribution in [0.2, 0.25) is 0 Å². The van der Waals surface area contributed by atoms with E-state index in [1.807, 2.05) is 29.2 Å². The highest BCUT2D eigenvalue weighted by atomic mass is 16.5. The van der Waals surface area contributed by atoms with Gasteiger partial charge >= 0.3 is 5.97 Å². The minimum Gasteiger partial charge on any atom is -0.465 e. The van der Waals surface area contributed by atoms with Crippen molar-refractivity contribution in [1.29, 1.82) is 0 Å². The Morgan fingerprint density at radius 1 is 1.03 bits per heavy atom. The van der Waals surface area contributed by atoms with Crippen LogP contribution in [-0.4, -0.2) is 84.4 Å². The third-order valence-corrected chi connectivity index (χ3v) is 8.74. The number of rotatable bonds is 2. The van der Waals surface area contributed by atoms with Gasteiger partial charge in [0.05, 0.1) is 18.6 Å². The lowest BCUT2D eigenvalue weighted by Gasteiger charge is -2.37. The number of amides is 3. The van der Waals surface area contributed by atoms with Crippen LogP contribution in [0.1, 0.15) is 58.5 Å². The summed E-state index contributed by atoms with van der Waals surface area (Å²) in [4.78, 5) is 63.2. The molecule has 1 aromatic carbocycles. The van der Waals surface area contributed by atoms with Gasteiger partial charge in [-0.1, -0.05) is 18.2 Å². The van der Waals surface area contributed by atoms with Gasteiger partial charge in [-0.05, 0) is 56.8 Å². The first-order chi connectivity index (χ1) is 19.0. The number of aromatic nitrogens is 1. The fraction of sp³-hybridized carbons (Fsp3) is 0.483. The number of hydrogen-bond donors (Lipinski definition) is 1. The van der Waals surface area contributed by atoms with Crippen molar-refractivity contribution in [3.8, 4) is 0 Å². The van der Waals surface area contributed by atoms with E-state index < -0.39 is 17.4 Å². The van der Waals surface area contributed by atoms with Gasteiger partial charge in [0.1, 0.15) is 11.2 Å². The van der Waals surface area contributed by atoms with Crippen molar-refractivity contribution < 1.29 is 23.9 Å². The van der Waals surface area contributed by atoms with Gasteiger partial charge in [-0.15, -0.1) is 0 Å². The monoisotopic (exact) mass is 531 g/mol. The summed E-state index contributed by atoms with van der Waals surface area (Å²) in [6.45, 7) is 2.54. The Hall–Kier alpha value is -3.79. The molecule has 2 bridgehead atoms. The number of benzene rings is 1. The molecule has 6 rings (SSSR count). The summed E-state index contributed by atoms with van der Waals surface area (Å²) in [5.74, 6) is -1.33. The average Bonchev–Trinajstić information content (AvgIpc) is 3.62. The number of ether oxygens (including phenoxy) is 1. The third kappa shape index (κ3) is 4.00. The summed E-state index contributed by atoms with van der Waals surface area (Å²) < 4.78 is 4.71. The van der Waals surface area contributed by atoms with E-state index in [0.29, 0.717) is 45.4 Å². The van der Waals surface area contributed by atoms with Crippen molar-refractivity contribution >= 4 is 29.4 Å². The Kier molecular flexibility index (Phi) is 6.58. The number of fused-ring (bicyclic) bond motifs is 4. The zero-order chi connectivity index (χ0) is 27.1. The van der Waals surface area contributed by atoms with Gasteiger partial charge in [-0.25, -0.2) is 4.79 Å². The molecule has 10 heteroatoms. The molecule has 1 N–H and O–H groups in total. The first-order valence-electron chi connectivity index (χ1n) is 13.8. The van der Waals surface area contributed by atoms with E-state index in [2.05, 4.69) is 15.2 Å². The molecule has 3 fully saturated rings. The molecule has 1 aromatic heterocycles. The Morgan fingerprint density at radius 3 is 2.64 bits per heavy atom. The van der Waals surface area contributed by atoms with E-state index in [-0.39, 0.29) is 35.0 Å². The van der Waals surface area contributed by atoms with Crippen LogP contribution in [0.4, 0.5) is 5.69 Å². The molecule has 4 aliphatic rings. The summed E-state index contributed by atoms with van der Waals surface area (Å²) >= 11 is 0. The molecular formula is C29H33N5O5. The zero-order valence-corrected chi connectivity index (χ0v) is 22.1. The number of para-hydroxylation sites is 1. The van der Waals surface area contributed by atoms with Gasteiger partial charge in [0.2, 0.25) is 5.91 Å². The minimum atomic E-state index is -0.962. The Bertz CT molecular complexity index is 1310. The lowest BCUT2D eigenvalue weighted by atomic mass is 9.78. The number of nitrogens with one attached hydrogen (secondary N) is 1. The standard InChI is InChI=1S/C29H33N5O5/c1-39-27(37)19-10-11-23(31-18-19)26(36)32-13-5-12-30-25(35)22-17-20-7-4-16-34(20)29(22)21-8-2-3-9-24(21)33(28(29)38)15-6-14-32/h2-3,8-11,18,20,22H,4-7,12-17H2,1H3,(H,30,35)/t20-,22-,29+/m0/s1. The molecule has 0 aliphatic carbocycles. The summed E-state index contributed by atoms with van der Waals surface area (Å²) in [6, 6.07) is 11.2. The second kappa shape index (κ2) is 10.1. The van der Waals surface area contributed by atoms with E-state index in [9.17, 15) is 19.2 Å². The number of anilines is 1. The van der Waals surface area contributed by atoms with Crippen LogP contribution >= 0.6 is 0 Å². The van der Waals surface area contributed by atoms with Crippen LogP contribution in [0.5, 0.6) is 0 Å². The van der Waals surface area contributed by atoms with Crippen LogP contribution in [0.15, 0.2) is 42.6 Å². The second-order valence-corrected chi connectivity index (χ2v) is 10.7. The van der Waals surface area contributed by atoms with Crippen molar-refractivity contribution in [1.82, 2.24) is 20.1 Å². The summed E-state index contributed by atoms with van der Waals surface area (Å²) in [5.41, 5.74) is 1.33. The molecule has 10 nitrogen and oxygen atoms in total. The smallest absolute Gasteiger partial charge is 0.339 e. The Labute approximate surface area is 227 Å². The van der Waals surface area contributed by atoms with Crippen LogP contribution in [-0.2, 0) is 19.9 Å².